The second-order valence-electron chi connectivity index (χ2n) is 3.39. The van der Waals surface area contributed by atoms with Crippen LogP contribution in [0.1, 0.15) is 0 Å². The van der Waals surface area contributed by atoms with Gasteiger partial charge in [-0.2, -0.15) is 0 Å². The van der Waals surface area contributed by atoms with Gasteiger partial charge in [-0.25, -0.2) is 9.97 Å². The molecule has 88 valence electrons. The van der Waals surface area contributed by atoms with E-state index in [0.717, 1.165) is 21.9 Å². The van der Waals surface area contributed by atoms with Gasteiger partial charge < -0.3 is 5.73 Å². The Balaban J connectivity index is 2.14. The van der Waals surface area contributed by atoms with Gasteiger partial charge in [0.25, 0.3) is 0 Å². The van der Waals surface area contributed by atoms with E-state index in [4.69, 9.17) is 17.3 Å². The van der Waals surface area contributed by atoms with Gasteiger partial charge in [0.2, 0.25) is 0 Å². The second-order valence-corrected chi connectivity index (χ2v) is 4.89. The summed E-state index contributed by atoms with van der Waals surface area (Å²) in [5, 5.41) is 1.48. The molecule has 2 aromatic heterocycles. The van der Waals surface area contributed by atoms with Crippen molar-refractivity contribution in [3.63, 3.8) is 0 Å². The minimum absolute atomic E-state index is 0.497. The molecule has 2 N–H and O–H groups in total. The van der Waals surface area contributed by atoms with Gasteiger partial charge in [0.1, 0.15) is 5.15 Å². The maximum Gasteiger partial charge on any atom is 0.129 e. The number of nitrogens with zero attached hydrogens (tertiary/aromatic N) is 2. The molecule has 0 spiro atoms. The van der Waals surface area contributed by atoms with E-state index >= 15 is 0 Å². The first kappa shape index (κ1) is 12.4. The highest BCUT2D eigenvalue weighted by molar-refractivity contribution is 7.99. The van der Waals surface area contributed by atoms with Crippen LogP contribution in [0.3, 0.4) is 0 Å². The number of pyridine rings is 2. The predicted molar refractivity (Wildman–Crippen MR) is 72.3 cm³/mol. The van der Waals surface area contributed by atoms with Crippen LogP contribution in [0.2, 0.25) is 5.15 Å². The largest absolute Gasteiger partial charge is 0.330 e. The smallest absolute Gasteiger partial charge is 0.129 e. The van der Waals surface area contributed by atoms with Crippen LogP contribution in [0.5, 0.6) is 0 Å². The van der Waals surface area contributed by atoms with E-state index in [1.807, 2.05) is 24.4 Å². The second kappa shape index (κ2) is 6.00. The number of hydrogen-bond donors (Lipinski definition) is 1. The Morgan fingerprint density at radius 3 is 2.29 bits per heavy atom. The van der Waals surface area contributed by atoms with Crippen LogP contribution in [0.4, 0.5) is 0 Å². The van der Waals surface area contributed by atoms with Crippen molar-refractivity contribution in [3.05, 3.63) is 41.8 Å². The zero-order valence-electron chi connectivity index (χ0n) is 9.14. The molecule has 0 saturated heterocycles. The molecule has 0 aliphatic rings. The Labute approximate surface area is 109 Å². The number of aromatic nitrogens is 2. The summed E-state index contributed by atoms with van der Waals surface area (Å²) >= 11 is 7.39. The molecule has 0 aromatic carbocycles. The van der Waals surface area contributed by atoms with Gasteiger partial charge in [-0.1, -0.05) is 17.7 Å². The molecule has 2 heterocycles. The maximum absolute atomic E-state index is 5.74. The molecular formula is C12H12ClN3S. The first-order valence-corrected chi connectivity index (χ1v) is 6.57. The topological polar surface area (TPSA) is 51.8 Å². The molecule has 0 aliphatic carbocycles. The van der Waals surface area contributed by atoms with Crippen molar-refractivity contribution in [1.29, 1.82) is 0 Å². The highest BCUT2D eigenvalue weighted by Crippen LogP contribution is 2.21. The van der Waals surface area contributed by atoms with E-state index in [2.05, 4.69) is 9.97 Å². The number of thioether (sulfide) groups is 1. The Bertz CT molecular complexity index is 470. The van der Waals surface area contributed by atoms with Gasteiger partial charge >= 0.3 is 0 Å². The van der Waals surface area contributed by atoms with Gasteiger partial charge in [0.15, 0.2) is 0 Å². The average molecular weight is 266 g/mol. The maximum atomic E-state index is 5.74. The van der Waals surface area contributed by atoms with Crippen molar-refractivity contribution < 1.29 is 0 Å². The molecule has 3 nitrogen and oxygen atoms in total. The third-order valence-electron chi connectivity index (χ3n) is 2.16. The molecule has 2 aromatic rings. The van der Waals surface area contributed by atoms with E-state index in [0.29, 0.717) is 11.7 Å². The van der Waals surface area contributed by atoms with E-state index in [9.17, 15) is 0 Å². The van der Waals surface area contributed by atoms with Crippen molar-refractivity contribution in [2.45, 2.75) is 5.03 Å². The molecular weight excluding hydrogens is 254 g/mol. The average Bonchev–Trinajstić information content (AvgIpc) is 2.38. The third-order valence-corrected chi connectivity index (χ3v) is 3.37. The molecule has 2 rings (SSSR count). The molecule has 0 saturated carbocycles. The third kappa shape index (κ3) is 3.43. The van der Waals surface area contributed by atoms with Gasteiger partial charge in [-0.05, 0) is 18.2 Å². The Morgan fingerprint density at radius 2 is 1.76 bits per heavy atom. The van der Waals surface area contributed by atoms with Crippen molar-refractivity contribution in [3.8, 4) is 11.1 Å². The monoisotopic (exact) mass is 265 g/mol. The van der Waals surface area contributed by atoms with Crippen LogP contribution < -0.4 is 5.73 Å². The molecule has 0 radical (unpaired) electrons. The number of nitrogens with two attached hydrogens (primary N) is 1. The van der Waals surface area contributed by atoms with Crippen LogP contribution in [0, 0.1) is 0 Å². The van der Waals surface area contributed by atoms with Gasteiger partial charge in [0, 0.05) is 35.8 Å². The van der Waals surface area contributed by atoms with Crippen molar-refractivity contribution in [1.82, 2.24) is 9.97 Å². The summed E-state index contributed by atoms with van der Waals surface area (Å²) in [5.74, 6) is 0.884. The molecule has 5 heteroatoms. The summed E-state index contributed by atoms with van der Waals surface area (Å²) in [7, 11) is 0. The molecule has 17 heavy (non-hydrogen) atoms. The fourth-order valence-electron chi connectivity index (χ4n) is 1.35. The van der Waals surface area contributed by atoms with Gasteiger partial charge in [-0.15, -0.1) is 11.8 Å². The molecule has 0 unspecified atom stereocenters. The summed E-state index contributed by atoms with van der Waals surface area (Å²) in [4.78, 5) is 8.41. The van der Waals surface area contributed by atoms with E-state index in [-0.39, 0.29) is 0 Å². The number of halogens is 1. The predicted octanol–water partition coefficient (Wildman–Crippen LogP) is 2.85. The normalized spacial score (nSPS) is 10.5. The number of hydrogen-bond acceptors (Lipinski definition) is 4. The first-order valence-electron chi connectivity index (χ1n) is 5.20. The van der Waals surface area contributed by atoms with E-state index in [1.54, 1.807) is 24.0 Å². The first-order chi connectivity index (χ1) is 8.29. The van der Waals surface area contributed by atoms with Crippen LogP contribution >= 0.6 is 23.4 Å². The van der Waals surface area contributed by atoms with Crippen LogP contribution in [0.25, 0.3) is 11.1 Å². The summed E-state index contributed by atoms with van der Waals surface area (Å²) in [6, 6.07) is 7.72. The van der Waals surface area contributed by atoms with Gasteiger partial charge in [-0.3, -0.25) is 0 Å². The van der Waals surface area contributed by atoms with E-state index < -0.39 is 0 Å². The standard InChI is InChI=1S/C12H12ClN3S/c13-11-3-1-9(7-15-11)10-2-4-12(16-8-10)17-6-5-14/h1-4,7-8H,5-6,14H2. The highest BCUT2D eigenvalue weighted by atomic mass is 35.5. The molecule has 0 aliphatic heterocycles. The lowest BCUT2D eigenvalue weighted by molar-refractivity contribution is 1.11. The quantitative estimate of drug-likeness (QED) is 0.682. The van der Waals surface area contributed by atoms with Crippen molar-refractivity contribution >= 4 is 23.4 Å². The number of rotatable bonds is 4. The van der Waals surface area contributed by atoms with E-state index in [1.165, 1.54) is 0 Å². The fraction of sp³-hybridized carbons (Fsp3) is 0.167. The van der Waals surface area contributed by atoms with Gasteiger partial charge in [0.05, 0.1) is 5.03 Å². The molecule has 0 fully saturated rings. The zero-order chi connectivity index (χ0) is 12.1. The summed E-state index contributed by atoms with van der Waals surface area (Å²) in [6.45, 7) is 0.662. The Kier molecular flexibility index (Phi) is 4.36. The summed E-state index contributed by atoms with van der Waals surface area (Å²) < 4.78 is 0. The lowest BCUT2D eigenvalue weighted by Gasteiger charge is -2.02. The zero-order valence-corrected chi connectivity index (χ0v) is 10.7. The SMILES string of the molecule is NCCSc1ccc(-c2ccc(Cl)nc2)cn1. The molecule has 0 bridgehead atoms. The van der Waals surface area contributed by atoms with Crippen molar-refractivity contribution in [2.24, 2.45) is 5.73 Å². The highest BCUT2D eigenvalue weighted by Gasteiger charge is 2.00. The minimum atomic E-state index is 0.497. The lowest BCUT2D eigenvalue weighted by atomic mass is 10.1. The minimum Gasteiger partial charge on any atom is -0.330 e. The van der Waals surface area contributed by atoms with Crippen LogP contribution in [-0.4, -0.2) is 22.3 Å². The lowest BCUT2D eigenvalue weighted by Crippen LogP contribution is -2.01. The molecule has 0 atom stereocenters. The Hall–Kier alpha value is -1.10. The molecule has 0 amide bonds. The summed E-state index contributed by atoms with van der Waals surface area (Å²) in [5.41, 5.74) is 7.49. The fourth-order valence-corrected chi connectivity index (χ4v) is 2.08. The summed E-state index contributed by atoms with van der Waals surface area (Å²) in [6.07, 6.45) is 3.58. The Morgan fingerprint density at radius 1 is 1.06 bits per heavy atom. The van der Waals surface area contributed by atoms with Crippen LogP contribution in [-0.2, 0) is 0 Å². The van der Waals surface area contributed by atoms with Crippen LogP contribution in [0.15, 0.2) is 41.7 Å². The van der Waals surface area contributed by atoms with Crippen molar-refractivity contribution in [2.75, 3.05) is 12.3 Å².